The van der Waals surface area contributed by atoms with E-state index in [1.165, 1.54) is 12.8 Å². The van der Waals surface area contributed by atoms with E-state index in [-0.39, 0.29) is 0 Å². The van der Waals surface area contributed by atoms with E-state index in [4.69, 9.17) is 14.6 Å². The molecule has 15 heavy (non-hydrogen) atoms. The fraction of sp³-hybridized carbons (Fsp3) is 1.00. The highest BCUT2D eigenvalue weighted by atomic mass is 28.4. The Morgan fingerprint density at radius 1 is 1.00 bits per heavy atom. The van der Waals surface area contributed by atoms with Gasteiger partial charge in [0.1, 0.15) is 0 Å². The summed E-state index contributed by atoms with van der Waals surface area (Å²) in [6.07, 6.45) is 4.57. The van der Waals surface area contributed by atoms with Crippen LogP contribution in [-0.2, 0) is 8.85 Å². The maximum Gasteiger partial charge on any atom is 0.336 e. The topological polar surface area (TPSA) is 44.5 Å². The van der Waals surface area contributed by atoms with Crippen molar-refractivity contribution in [3.8, 4) is 0 Å². The number of hydrogen-bond acceptors (Lipinski definition) is 3. The van der Waals surface area contributed by atoms with Crippen LogP contribution in [0, 0.1) is 0 Å². The van der Waals surface area contributed by atoms with Crippen LogP contribution in [0.3, 0.4) is 0 Å². The smallest absolute Gasteiger partial charge is 0.336 e. The summed E-state index contributed by atoms with van der Waals surface area (Å²) >= 11 is 0. The van der Waals surface area contributed by atoms with Crippen molar-refractivity contribution in [3.05, 3.63) is 0 Å². The van der Waals surface area contributed by atoms with Gasteiger partial charge in [-0.25, -0.2) is 0 Å². The van der Waals surface area contributed by atoms with Crippen molar-refractivity contribution in [1.29, 1.82) is 0 Å². The summed E-state index contributed by atoms with van der Waals surface area (Å²) in [6, 6.07) is 0.903. The van der Waals surface area contributed by atoms with E-state index in [1.807, 2.05) is 0 Å². The normalized spacial score (nSPS) is 12.0. The van der Waals surface area contributed by atoms with Crippen LogP contribution in [-0.4, -0.2) is 28.3 Å². The summed E-state index contributed by atoms with van der Waals surface area (Å²) in [5.74, 6) is 0. The van der Waals surface area contributed by atoms with Crippen molar-refractivity contribution in [2.45, 2.75) is 52.1 Å². The van der Waals surface area contributed by atoms with Crippen molar-refractivity contribution >= 4 is 8.56 Å². The Hall–Kier alpha value is 0.0969. The molecular weight excluding hydrogens is 206 g/mol. The summed E-state index contributed by atoms with van der Waals surface area (Å²) in [5, 5.41) is 0. The molecule has 3 nitrogen and oxygen atoms in total. The Kier molecular flexibility index (Phi) is 9.39. The molecule has 0 amide bonds. The first-order valence-electron chi connectivity index (χ1n) is 6.16. The monoisotopic (exact) mass is 233 g/mol. The quantitative estimate of drug-likeness (QED) is 0.466. The van der Waals surface area contributed by atoms with Crippen molar-refractivity contribution in [3.63, 3.8) is 0 Å². The molecule has 0 rings (SSSR count). The summed E-state index contributed by atoms with van der Waals surface area (Å²) in [6.45, 7) is 8.79. The highest BCUT2D eigenvalue weighted by Crippen LogP contribution is 2.14. The van der Waals surface area contributed by atoms with E-state index < -0.39 is 8.56 Å². The van der Waals surface area contributed by atoms with Gasteiger partial charge in [-0.2, -0.15) is 0 Å². The van der Waals surface area contributed by atoms with Crippen LogP contribution < -0.4 is 5.73 Å². The maximum absolute atomic E-state index is 5.89. The molecule has 0 aromatic heterocycles. The molecule has 0 saturated heterocycles. The van der Waals surface area contributed by atoms with Gasteiger partial charge in [-0.15, -0.1) is 0 Å². The van der Waals surface area contributed by atoms with E-state index >= 15 is 0 Å². The zero-order chi connectivity index (χ0) is 11.6. The molecule has 0 spiro atoms. The lowest BCUT2D eigenvalue weighted by Gasteiger charge is -2.26. The largest absolute Gasteiger partial charge is 0.394 e. The van der Waals surface area contributed by atoms with Crippen LogP contribution in [0.5, 0.6) is 0 Å². The molecular formula is C11H27NO2Si. The Labute approximate surface area is 95.6 Å². The predicted molar refractivity (Wildman–Crippen MR) is 67.2 cm³/mol. The lowest BCUT2D eigenvalue weighted by atomic mass is 10.4. The van der Waals surface area contributed by atoms with Gasteiger partial charge in [0.2, 0.25) is 0 Å². The molecule has 0 fully saturated rings. The number of hydrogen-bond donors (Lipinski definition) is 1. The van der Waals surface area contributed by atoms with Crippen LogP contribution >= 0.6 is 0 Å². The minimum absolute atomic E-state index is 0.668. The van der Waals surface area contributed by atoms with Crippen molar-refractivity contribution in [2.24, 2.45) is 5.73 Å². The van der Waals surface area contributed by atoms with Crippen LogP contribution in [0.2, 0.25) is 12.6 Å². The average molecular weight is 233 g/mol. The standard InChI is InChI=1S/C11H27NO2Si/c1-4-6-9-13-15(3,11-8-12)14-10-7-5-2/h4-12H2,1-3H3. The summed E-state index contributed by atoms with van der Waals surface area (Å²) in [7, 11) is -1.95. The van der Waals surface area contributed by atoms with E-state index in [0.717, 1.165) is 32.1 Å². The SMILES string of the molecule is CCCCO[Si](C)(CCN)OCCCC. The minimum atomic E-state index is -1.95. The second-order valence-electron chi connectivity index (χ2n) is 4.08. The predicted octanol–water partition coefficient (Wildman–Crippen LogP) is 2.65. The molecule has 0 aliphatic heterocycles. The third-order valence-electron chi connectivity index (χ3n) is 2.41. The summed E-state index contributed by atoms with van der Waals surface area (Å²) < 4.78 is 11.8. The maximum atomic E-state index is 5.89. The van der Waals surface area contributed by atoms with Gasteiger partial charge < -0.3 is 14.6 Å². The first-order valence-corrected chi connectivity index (χ1v) is 8.69. The minimum Gasteiger partial charge on any atom is -0.394 e. The molecule has 0 heterocycles. The van der Waals surface area contributed by atoms with Gasteiger partial charge >= 0.3 is 8.56 Å². The van der Waals surface area contributed by atoms with Crippen LogP contribution in [0.4, 0.5) is 0 Å². The Bertz CT molecular complexity index is 135. The van der Waals surface area contributed by atoms with E-state index in [1.54, 1.807) is 0 Å². The van der Waals surface area contributed by atoms with Crippen molar-refractivity contribution in [2.75, 3.05) is 19.8 Å². The second-order valence-corrected chi connectivity index (χ2v) is 7.42. The molecule has 2 N–H and O–H groups in total. The molecule has 0 aromatic carbocycles. The third kappa shape index (κ3) is 7.96. The third-order valence-corrected chi connectivity index (χ3v) is 5.24. The average Bonchev–Trinajstić information content (AvgIpc) is 2.19. The fourth-order valence-corrected chi connectivity index (χ4v) is 3.36. The van der Waals surface area contributed by atoms with E-state index in [2.05, 4.69) is 20.4 Å². The number of unbranched alkanes of at least 4 members (excludes halogenated alkanes) is 2. The lowest BCUT2D eigenvalue weighted by Crippen LogP contribution is -2.41. The molecule has 0 saturated carbocycles. The summed E-state index contributed by atoms with van der Waals surface area (Å²) in [4.78, 5) is 0. The fourth-order valence-electron chi connectivity index (χ4n) is 1.31. The van der Waals surface area contributed by atoms with Crippen molar-refractivity contribution in [1.82, 2.24) is 0 Å². The molecule has 0 radical (unpaired) electrons. The molecule has 0 atom stereocenters. The van der Waals surface area contributed by atoms with Gasteiger partial charge in [-0.3, -0.25) is 0 Å². The molecule has 0 unspecified atom stereocenters. The second kappa shape index (κ2) is 9.33. The molecule has 0 aromatic rings. The zero-order valence-corrected chi connectivity index (χ0v) is 11.6. The van der Waals surface area contributed by atoms with Crippen molar-refractivity contribution < 1.29 is 8.85 Å². The molecule has 0 aliphatic carbocycles. The molecule has 92 valence electrons. The van der Waals surface area contributed by atoms with Crippen LogP contribution in [0.15, 0.2) is 0 Å². The van der Waals surface area contributed by atoms with Gasteiger partial charge in [0.05, 0.1) is 0 Å². The Morgan fingerprint density at radius 3 is 1.80 bits per heavy atom. The van der Waals surface area contributed by atoms with E-state index in [0.29, 0.717) is 6.54 Å². The highest BCUT2D eigenvalue weighted by molar-refractivity contribution is 6.66. The number of nitrogens with two attached hydrogens (primary N) is 1. The molecule has 0 aliphatic rings. The van der Waals surface area contributed by atoms with Crippen LogP contribution in [0.25, 0.3) is 0 Å². The summed E-state index contributed by atoms with van der Waals surface area (Å²) in [5.41, 5.74) is 5.60. The first-order chi connectivity index (χ1) is 7.18. The Balaban J connectivity index is 3.83. The van der Waals surface area contributed by atoms with Crippen LogP contribution in [0.1, 0.15) is 39.5 Å². The van der Waals surface area contributed by atoms with E-state index in [9.17, 15) is 0 Å². The van der Waals surface area contributed by atoms with Gasteiger partial charge in [-0.05, 0) is 25.9 Å². The zero-order valence-electron chi connectivity index (χ0n) is 10.6. The van der Waals surface area contributed by atoms with Gasteiger partial charge in [0.25, 0.3) is 0 Å². The number of rotatable bonds is 10. The van der Waals surface area contributed by atoms with Gasteiger partial charge in [-0.1, -0.05) is 26.7 Å². The first kappa shape index (κ1) is 15.1. The molecule has 0 bridgehead atoms. The highest BCUT2D eigenvalue weighted by Gasteiger charge is 2.30. The lowest BCUT2D eigenvalue weighted by molar-refractivity contribution is 0.169. The molecule has 4 heteroatoms. The Morgan fingerprint density at radius 2 is 1.47 bits per heavy atom. The van der Waals surface area contributed by atoms with Gasteiger partial charge in [0, 0.05) is 19.3 Å². The van der Waals surface area contributed by atoms with Gasteiger partial charge in [0.15, 0.2) is 0 Å².